The lowest BCUT2D eigenvalue weighted by Gasteiger charge is -2.21. The van der Waals surface area contributed by atoms with Crippen LogP contribution in [0, 0.1) is 5.82 Å². The van der Waals surface area contributed by atoms with Crippen molar-refractivity contribution in [2.45, 2.75) is 5.25 Å². The molecule has 1 aliphatic rings. The third-order valence-electron chi connectivity index (χ3n) is 2.57. The lowest BCUT2D eigenvalue weighted by atomic mass is 10.2. The summed E-state index contributed by atoms with van der Waals surface area (Å²) in [6.45, 7) is 0.595. The van der Waals surface area contributed by atoms with Crippen molar-refractivity contribution in [3.05, 3.63) is 34.1 Å². The molecule has 1 N–H and O–H groups in total. The Morgan fingerprint density at radius 3 is 3.00 bits per heavy atom. The molecule has 1 heterocycles. The van der Waals surface area contributed by atoms with Gasteiger partial charge >= 0.3 is 0 Å². The van der Waals surface area contributed by atoms with E-state index in [4.69, 9.17) is 0 Å². The monoisotopic (exact) mass is 349 g/mol. The summed E-state index contributed by atoms with van der Waals surface area (Å²) in [7, 11) is 0. The fraction of sp³-hybridized carbons (Fsp3) is 0.417. The van der Waals surface area contributed by atoms with Crippen molar-refractivity contribution < 1.29 is 9.18 Å². The molecule has 6 heteroatoms. The Labute approximate surface area is 123 Å². The highest BCUT2D eigenvalue weighted by molar-refractivity contribution is 9.10. The number of carbonyl (C=O) groups excluding carboxylic acids is 1. The summed E-state index contributed by atoms with van der Waals surface area (Å²) in [5, 5.41) is 3.24. The molecule has 1 amide bonds. The van der Waals surface area contributed by atoms with Crippen molar-refractivity contribution in [1.29, 1.82) is 0 Å². The average molecular weight is 350 g/mol. The Bertz CT molecular complexity index is 418. The SMILES string of the molecule is O=C(NCC1CSCCS1)c1c(F)cccc1Br. The van der Waals surface area contributed by atoms with Crippen molar-refractivity contribution in [2.24, 2.45) is 0 Å². The summed E-state index contributed by atoms with van der Waals surface area (Å²) in [5.74, 6) is 2.50. The molecule has 1 unspecified atom stereocenters. The van der Waals surface area contributed by atoms with Gasteiger partial charge in [0, 0.05) is 33.5 Å². The van der Waals surface area contributed by atoms with E-state index in [-0.39, 0.29) is 11.5 Å². The Hall–Kier alpha value is -0.200. The molecule has 2 rings (SSSR count). The van der Waals surface area contributed by atoms with E-state index < -0.39 is 5.82 Å². The van der Waals surface area contributed by atoms with Crippen LogP contribution in [-0.2, 0) is 0 Å². The van der Waals surface area contributed by atoms with Gasteiger partial charge in [0.05, 0.1) is 5.56 Å². The number of carbonyl (C=O) groups is 1. The molecule has 0 bridgehead atoms. The van der Waals surface area contributed by atoms with Crippen molar-refractivity contribution in [3.63, 3.8) is 0 Å². The van der Waals surface area contributed by atoms with Gasteiger partial charge in [-0.05, 0) is 28.1 Å². The van der Waals surface area contributed by atoms with Crippen molar-refractivity contribution in [2.75, 3.05) is 23.8 Å². The second-order valence-electron chi connectivity index (χ2n) is 3.87. The molecule has 18 heavy (non-hydrogen) atoms. The van der Waals surface area contributed by atoms with Gasteiger partial charge in [-0.3, -0.25) is 4.79 Å². The predicted molar refractivity (Wildman–Crippen MR) is 80.0 cm³/mol. The zero-order valence-electron chi connectivity index (χ0n) is 9.62. The van der Waals surface area contributed by atoms with Crippen molar-refractivity contribution >= 4 is 45.4 Å². The van der Waals surface area contributed by atoms with Crippen LogP contribution in [0.3, 0.4) is 0 Å². The van der Waals surface area contributed by atoms with E-state index in [9.17, 15) is 9.18 Å². The zero-order valence-corrected chi connectivity index (χ0v) is 12.8. The highest BCUT2D eigenvalue weighted by Crippen LogP contribution is 2.24. The summed E-state index contributed by atoms with van der Waals surface area (Å²) < 4.78 is 14.1. The van der Waals surface area contributed by atoms with Gasteiger partial charge in [-0.15, -0.1) is 0 Å². The molecule has 98 valence electrons. The topological polar surface area (TPSA) is 29.1 Å². The van der Waals surface area contributed by atoms with Gasteiger partial charge in [-0.25, -0.2) is 4.39 Å². The lowest BCUT2D eigenvalue weighted by Crippen LogP contribution is -2.34. The van der Waals surface area contributed by atoms with Crippen LogP contribution < -0.4 is 5.32 Å². The minimum Gasteiger partial charge on any atom is -0.351 e. The van der Waals surface area contributed by atoms with Gasteiger partial charge in [-0.2, -0.15) is 23.5 Å². The maximum atomic E-state index is 13.6. The van der Waals surface area contributed by atoms with Crippen LogP contribution in [0.2, 0.25) is 0 Å². The number of hydrogen-bond donors (Lipinski definition) is 1. The molecule has 1 saturated heterocycles. The standard InChI is InChI=1S/C12H13BrFNOS2/c13-9-2-1-3-10(14)11(9)12(16)15-6-8-7-17-4-5-18-8/h1-3,8H,4-7H2,(H,15,16). The summed E-state index contributed by atoms with van der Waals surface area (Å²) in [6, 6.07) is 4.54. The van der Waals surface area contributed by atoms with Crippen LogP contribution in [0.5, 0.6) is 0 Å². The Morgan fingerprint density at radius 1 is 1.50 bits per heavy atom. The molecule has 0 saturated carbocycles. The fourth-order valence-electron chi connectivity index (χ4n) is 1.66. The molecule has 0 aliphatic carbocycles. The third-order valence-corrected chi connectivity index (χ3v) is 6.07. The minimum absolute atomic E-state index is 0.0889. The number of rotatable bonds is 3. The van der Waals surface area contributed by atoms with Crippen LogP contribution >= 0.6 is 39.5 Å². The molecule has 0 aromatic heterocycles. The van der Waals surface area contributed by atoms with Gasteiger partial charge in [0.25, 0.3) is 5.91 Å². The summed E-state index contributed by atoms with van der Waals surface area (Å²) in [5.41, 5.74) is 0.0889. The fourth-order valence-corrected chi connectivity index (χ4v) is 4.80. The smallest absolute Gasteiger partial charge is 0.255 e. The summed E-state index contributed by atoms with van der Waals surface area (Å²) >= 11 is 6.97. The maximum Gasteiger partial charge on any atom is 0.255 e. The van der Waals surface area contributed by atoms with Crippen molar-refractivity contribution in [1.82, 2.24) is 5.32 Å². The molecule has 0 radical (unpaired) electrons. The highest BCUT2D eigenvalue weighted by atomic mass is 79.9. The van der Waals surface area contributed by atoms with E-state index in [0.717, 1.165) is 11.5 Å². The van der Waals surface area contributed by atoms with E-state index in [0.29, 0.717) is 16.3 Å². The van der Waals surface area contributed by atoms with Gasteiger partial charge in [-0.1, -0.05) is 6.07 Å². The van der Waals surface area contributed by atoms with Crippen LogP contribution in [0.25, 0.3) is 0 Å². The van der Waals surface area contributed by atoms with Crippen LogP contribution in [0.1, 0.15) is 10.4 Å². The molecule has 1 fully saturated rings. The van der Waals surface area contributed by atoms with Crippen LogP contribution in [-0.4, -0.2) is 35.0 Å². The molecule has 1 aliphatic heterocycles. The molecule has 1 atom stereocenters. The van der Waals surface area contributed by atoms with Gasteiger partial charge in [0.1, 0.15) is 5.82 Å². The Morgan fingerprint density at radius 2 is 2.33 bits per heavy atom. The first-order valence-electron chi connectivity index (χ1n) is 5.60. The van der Waals surface area contributed by atoms with E-state index in [1.54, 1.807) is 12.1 Å². The molecule has 2 nitrogen and oxygen atoms in total. The van der Waals surface area contributed by atoms with Crippen LogP contribution in [0.15, 0.2) is 22.7 Å². The lowest BCUT2D eigenvalue weighted by molar-refractivity contribution is 0.0949. The number of amides is 1. The maximum absolute atomic E-state index is 13.6. The molecular weight excluding hydrogens is 337 g/mol. The van der Waals surface area contributed by atoms with Gasteiger partial charge < -0.3 is 5.32 Å². The summed E-state index contributed by atoms with van der Waals surface area (Å²) in [4.78, 5) is 11.9. The number of nitrogens with one attached hydrogen (secondary N) is 1. The number of thioether (sulfide) groups is 2. The molecular formula is C12H13BrFNOS2. The summed E-state index contributed by atoms with van der Waals surface area (Å²) in [6.07, 6.45) is 0. The van der Waals surface area contributed by atoms with E-state index in [2.05, 4.69) is 21.2 Å². The highest BCUT2D eigenvalue weighted by Gasteiger charge is 2.18. The first kappa shape index (κ1) is 14.2. The van der Waals surface area contributed by atoms with Crippen LogP contribution in [0.4, 0.5) is 4.39 Å². The molecule has 1 aromatic rings. The molecule has 0 spiro atoms. The number of hydrogen-bond acceptors (Lipinski definition) is 3. The minimum atomic E-state index is -0.493. The normalized spacial score (nSPS) is 19.6. The molecule has 1 aromatic carbocycles. The second-order valence-corrected chi connectivity index (χ2v) is 7.29. The number of halogens is 2. The van der Waals surface area contributed by atoms with Gasteiger partial charge in [0.15, 0.2) is 0 Å². The van der Waals surface area contributed by atoms with E-state index >= 15 is 0 Å². The largest absolute Gasteiger partial charge is 0.351 e. The Balaban J connectivity index is 1.95. The third kappa shape index (κ3) is 3.65. The first-order valence-corrected chi connectivity index (χ1v) is 8.59. The van der Waals surface area contributed by atoms with E-state index in [1.807, 2.05) is 23.5 Å². The first-order chi connectivity index (χ1) is 8.68. The van der Waals surface area contributed by atoms with Crippen molar-refractivity contribution in [3.8, 4) is 0 Å². The Kier molecular flexibility index (Phi) is 5.38. The second kappa shape index (κ2) is 6.82. The zero-order chi connectivity index (χ0) is 13.0. The number of benzene rings is 1. The average Bonchev–Trinajstić information content (AvgIpc) is 2.37. The quantitative estimate of drug-likeness (QED) is 0.908. The van der Waals surface area contributed by atoms with E-state index in [1.165, 1.54) is 11.8 Å². The van der Waals surface area contributed by atoms with Gasteiger partial charge in [0.2, 0.25) is 0 Å². The predicted octanol–water partition coefficient (Wildman–Crippen LogP) is 3.17.